The second-order valence-corrected chi connectivity index (χ2v) is 5.27. The highest BCUT2D eigenvalue weighted by molar-refractivity contribution is 5.19. The van der Waals surface area contributed by atoms with Crippen LogP contribution in [0.2, 0.25) is 0 Å². The zero-order valence-corrected chi connectivity index (χ0v) is 13.1. The second-order valence-electron chi connectivity index (χ2n) is 5.27. The first-order valence-electron chi connectivity index (χ1n) is 7.87. The summed E-state index contributed by atoms with van der Waals surface area (Å²) in [6.45, 7) is 8.27. The summed E-state index contributed by atoms with van der Waals surface area (Å²) in [6, 6.07) is 15.1. The number of hydrogen-bond acceptors (Lipinski definition) is 3. The standard InChI is InChI=1S/C18H26N2O/c1-3-12-19-14-18(16-9-6-5-7-10-16)20(4-2)15-17-11-8-13-21-17/h5-11,13,18-19H,3-4,12,14-15H2,1-2H3. The van der Waals surface area contributed by atoms with E-state index in [0.717, 1.165) is 38.4 Å². The highest BCUT2D eigenvalue weighted by Crippen LogP contribution is 2.22. The molecule has 1 heterocycles. The van der Waals surface area contributed by atoms with E-state index < -0.39 is 0 Å². The lowest BCUT2D eigenvalue weighted by Crippen LogP contribution is -2.35. The van der Waals surface area contributed by atoms with Gasteiger partial charge in [-0.05, 0) is 37.2 Å². The zero-order chi connectivity index (χ0) is 14.9. The summed E-state index contributed by atoms with van der Waals surface area (Å²) in [4.78, 5) is 2.46. The van der Waals surface area contributed by atoms with Crippen LogP contribution in [0, 0.1) is 0 Å². The molecule has 2 aromatic rings. The molecule has 0 aliphatic rings. The maximum absolute atomic E-state index is 5.52. The van der Waals surface area contributed by atoms with Crippen molar-refractivity contribution in [3.05, 3.63) is 60.1 Å². The van der Waals surface area contributed by atoms with E-state index in [2.05, 4.69) is 54.4 Å². The fourth-order valence-electron chi connectivity index (χ4n) is 2.59. The third-order valence-corrected chi connectivity index (χ3v) is 3.73. The molecule has 21 heavy (non-hydrogen) atoms. The van der Waals surface area contributed by atoms with Crippen LogP contribution in [0.3, 0.4) is 0 Å². The number of benzene rings is 1. The molecule has 0 fully saturated rings. The number of furan rings is 1. The third kappa shape index (κ3) is 4.73. The van der Waals surface area contributed by atoms with E-state index in [1.54, 1.807) is 6.26 Å². The Labute approximate surface area is 128 Å². The van der Waals surface area contributed by atoms with Crippen LogP contribution in [0.5, 0.6) is 0 Å². The summed E-state index contributed by atoms with van der Waals surface area (Å²) in [7, 11) is 0. The minimum atomic E-state index is 0.368. The van der Waals surface area contributed by atoms with Crippen molar-refractivity contribution in [2.75, 3.05) is 19.6 Å². The Hall–Kier alpha value is -1.58. The van der Waals surface area contributed by atoms with Crippen LogP contribution in [0.25, 0.3) is 0 Å². The molecule has 0 bridgehead atoms. The summed E-state index contributed by atoms with van der Waals surface area (Å²) in [5.74, 6) is 1.02. The smallest absolute Gasteiger partial charge is 0.117 e. The highest BCUT2D eigenvalue weighted by Gasteiger charge is 2.19. The number of hydrogen-bond donors (Lipinski definition) is 1. The monoisotopic (exact) mass is 286 g/mol. The van der Waals surface area contributed by atoms with Gasteiger partial charge in [-0.3, -0.25) is 4.90 Å². The Morgan fingerprint density at radius 3 is 2.52 bits per heavy atom. The van der Waals surface area contributed by atoms with Crippen molar-refractivity contribution in [2.24, 2.45) is 0 Å². The van der Waals surface area contributed by atoms with Crippen LogP contribution >= 0.6 is 0 Å². The van der Waals surface area contributed by atoms with Crippen LogP contribution in [0.15, 0.2) is 53.1 Å². The molecule has 114 valence electrons. The fraction of sp³-hybridized carbons (Fsp3) is 0.444. The van der Waals surface area contributed by atoms with Gasteiger partial charge in [-0.25, -0.2) is 0 Å². The van der Waals surface area contributed by atoms with Crippen molar-refractivity contribution in [2.45, 2.75) is 32.9 Å². The number of nitrogens with zero attached hydrogens (tertiary/aromatic N) is 1. The Balaban J connectivity index is 2.11. The van der Waals surface area contributed by atoms with Gasteiger partial charge in [0.25, 0.3) is 0 Å². The summed E-state index contributed by atoms with van der Waals surface area (Å²) < 4.78 is 5.52. The molecule has 1 atom stereocenters. The van der Waals surface area contributed by atoms with E-state index in [-0.39, 0.29) is 0 Å². The van der Waals surface area contributed by atoms with E-state index in [4.69, 9.17) is 4.42 Å². The van der Waals surface area contributed by atoms with Crippen LogP contribution in [0.1, 0.15) is 37.6 Å². The van der Waals surface area contributed by atoms with Gasteiger partial charge in [0.2, 0.25) is 0 Å². The molecule has 3 heteroatoms. The van der Waals surface area contributed by atoms with Gasteiger partial charge in [-0.2, -0.15) is 0 Å². The lowest BCUT2D eigenvalue weighted by atomic mass is 10.0. The molecule has 1 N–H and O–H groups in total. The van der Waals surface area contributed by atoms with E-state index >= 15 is 0 Å². The third-order valence-electron chi connectivity index (χ3n) is 3.73. The minimum Gasteiger partial charge on any atom is -0.468 e. The van der Waals surface area contributed by atoms with E-state index in [1.165, 1.54) is 5.56 Å². The molecular formula is C18H26N2O. The van der Waals surface area contributed by atoms with E-state index in [0.29, 0.717) is 6.04 Å². The maximum atomic E-state index is 5.52. The molecule has 0 aliphatic carbocycles. The van der Waals surface area contributed by atoms with Gasteiger partial charge in [0.15, 0.2) is 0 Å². The van der Waals surface area contributed by atoms with Crippen molar-refractivity contribution >= 4 is 0 Å². The summed E-state index contributed by atoms with van der Waals surface area (Å²) >= 11 is 0. The predicted octanol–water partition coefficient (Wildman–Crippen LogP) is 3.84. The molecule has 0 radical (unpaired) electrons. The van der Waals surface area contributed by atoms with Gasteiger partial charge >= 0.3 is 0 Å². The molecule has 1 aromatic carbocycles. The summed E-state index contributed by atoms with van der Waals surface area (Å²) in [5.41, 5.74) is 1.36. The van der Waals surface area contributed by atoms with Crippen LogP contribution in [-0.4, -0.2) is 24.5 Å². The van der Waals surface area contributed by atoms with Gasteiger partial charge in [0.1, 0.15) is 5.76 Å². The first-order chi connectivity index (χ1) is 10.3. The Morgan fingerprint density at radius 2 is 1.90 bits per heavy atom. The van der Waals surface area contributed by atoms with Crippen molar-refractivity contribution in [3.63, 3.8) is 0 Å². The number of likely N-dealkylation sites (N-methyl/N-ethyl adjacent to an activating group) is 1. The van der Waals surface area contributed by atoms with Crippen molar-refractivity contribution < 1.29 is 4.42 Å². The molecule has 1 unspecified atom stereocenters. The lowest BCUT2D eigenvalue weighted by molar-refractivity contribution is 0.179. The Morgan fingerprint density at radius 1 is 1.10 bits per heavy atom. The predicted molar refractivity (Wildman–Crippen MR) is 87.1 cm³/mol. The molecule has 0 saturated heterocycles. The van der Waals surface area contributed by atoms with Gasteiger partial charge in [0, 0.05) is 12.6 Å². The molecule has 2 rings (SSSR count). The van der Waals surface area contributed by atoms with Gasteiger partial charge in [0.05, 0.1) is 12.8 Å². The van der Waals surface area contributed by atoms with Crippen molar-refractivity contribution in [3.8, 4) is 0 Å². The van der Waals surface area contributed by atoms with Crippen molar-refractivity contribution in [1.29, 1.82) is 0 Å². The first kappa shape index (κ1) is 15.8. The lowest BCUT2D eigenvalue weighted by Gasteiger charge is -2.30. The van der Waals surface area contributed by atoms with Crippen LogP contribution in [-0.2, 0) is 6.54 Å². The number of nitrogens with one attached hydrogen (secondary N) is 1. The SMILES string of the molecule is CCCNCC(c1ccccc1)N(CC)Cc1ccco1. The fourth-order valence-corrected chi connectivity index (χ4v) is 2.59. The van der Waals surface area contributed by atoms with Crippen molar-refractivity contribution in [1.82, 2.24) is 10.2 Å². The quantitative estimate of drug-likeness (QED) is 0.710. The topological polar surface area (TPSA) is 28.4 Å². The molecule has 0 amide bonds. The Bertz CT molecular complexity index is 481. The average molecular weight is 286 g/mol. The summed E-state index contributed by atoms with van der Waals surface area (Å²) in [5, 5.41) is 3.56. The molecule has 1 aromatic heterocycles. The zero-order valence-electron chi connectivity index (χ0n) is 13.1. The second kappa shape index (κ2) is 8.65. The molecule has 0 saturated carbocycles. The molecular weight excluding hydrogens is 260 g/mol. The number of rotatable bonds is 9. The maximum Gasteiger partial charge on any atom is 0.117 e. The molecule has 3 nitrogen and oxygen atoms in total. The van der Waals surface area contributed by atoms with Gasteiger partial charge in [-0.1, -0.05) is 44.2 Å². The van der Waals surface area contributed by atoms with Crippen LogP contribution in [0.4, 0.5) is 0 Å². The largest absolute Gasteiger partial charge is 0.468 e. The average Bonchev–Trinajstić information content (AvgIpc) is 3.04. The summed E-state index contributed by atoms with van der Waals surface area (Å²) in [6.07, 6.45) is 2.90. The van der Waals surface area contributed by atoms with Gasteiger partial charge < -0.3 is 9.73 Å². The van der Waals surface area contributed by atoms with Gasteiger partial charge in [-0.15, -0.1) is 0 Å². The normalized spacial score (nSPS) is 12.7. The van der Waals surface area contributed by atoms with E-state index in [1.807, 2.05) is 12.1 Å². The molecule has 0 spiro atoms. The first-order valence-corrected chi connectivity index (χ1v) is 7.87. The van der Waals surface area contributed by atoms with Crippen LogP contribution < -0.4 is 5.32 Å². The van der Waals surface area contributed by atoms with E-state index in [9.17, 15) is 0 Å². The Kier molecular flexibility index (Phi) is 6.51. The highest BCUT2D eigenvalue weighted by atomic mass is 16.3. The molecule has 0 aliphatic heterocycles. The minimum absolute atomic E-state index is 0.368.